The molecule has 0 bridgehead atoms. The Balaban J connectivity index is 1.55. The second kappa shape index (κ2) is 7.43. The number of morpholine rings is 1. The third kappa shape index (κ3) is 4.50. The number of hydrogen-bond donors (Lipinski definition) is 2. The van der Waals surface area contributed by atoms with Crippen LogP contribution in [0.5, 0.6) is 0 Å². The summed E-state index contributed by atoms with van der Waals surface area (Å²) < 4.78 is 5.30. The SMILES string of the molecule is CC1CCCC1CNCC(O)CN1CCOCC1. The Bertz CT molecular complexity index is 232. The summed E-state index contributed by atoms with van der Waals surface area (Å²) in [6.45, 7) is 8.44. The molecule has 1 saturated carbocycles. The van der Waals surface area contributed by atoms with Crippen LogP contribution in [0.15, 0.2) is 0 Å². The van der Waals surface area contributed by atoms with Gasteiger partial charge in [-0.05, 0) is 24.8 Å². The number of nitrogens with zero attached hydrogens (tertiary/aromatic N) is 1. The number of aliphatic hydroxyl groups excluding tert-OH is 1. The Kier molecular flexibility index (Phi) is 5.89. The van der Waals surface area contributed by atoms with Gasteiger partial charge in [0.15, 0.2) is 0 Å². The molecule has 2 N–H and O–H groups in total. The standard InChI is InChI=1S/C14H28N2O2/c1-12-3-2-4-13(12)9-15-10-14(17)11-16-5-7-18-8-6-16/h12-15,17H,2-11H2,1H3. The summed E-state index contributed by atoms with van der Waals surface area (Å²) in [6, 6.07) is 0. The van der Waals surface area contributed by atoms with Gasteiger partial charge >= 0.3 is 0 Å². The second-order valence-corrected chi connectivity index (χ2v) is 5.89. The lowest BCUT2D eigenvalue weighted by Gasteiger charge is -2.28. The van der Waals surface area contributed by atoms with Crippen LogP contribution in [0, 0.1) is 11.8 Å². The first-order valence-electron chi connectivity index (χ1n) is 7.44. The normalized spacial score (nSPS) is 31.7. The van der Waals surface area contributed by atoms with Gasteiger partial charge in [-0.1, -0.05) is 19.8 Å². The van der Waals surface area contributed by atoms with Crippen molar-refractivity contribution >= 4 is 0 Å². The van der Waals surface area contributed by atoms with E-state index in [1.54, 1.807) is 0 Å². The average Bonchev–Trinajstić information content (AvgIpc) is 2.76. The number of rotatable bonds is 6. The molecular formula is C14H28N2O2. The maximum atomic E-state index is 10.00. The molecule has 3 atom stereocenters. The van der Waals surface area contributed by atoms with Gasteiger partial charge < -0.3 is 15.2 Å². The molecule has 0 radical (unpaired) electrons. The minimum Gasteiger partial charge on any atom is -0.390 e. The van der Waals surface area contributed by atoms with Crippen LogP contribution in [0.1, 0.15) is 26.2 Å². The van der Waals surface area contributed by atoms with Crippen molar-refractivity contribution in [1.82, 2.24) is 10.2 Å². The molecule has 1 aliphatic heterocycles. The zero-order valence-electron chi connectivity index (χ0n) is 11.6. The number of aliphatic hydroxyl groups is 1. The van der Waals surface area contributed by atoms with Gasteiger partial charge in [-0.15, -0.1) is 0 Å². The minimum absolute atomic E-state index is 0.250. The zero-order chi connectivity index (χ0) is 12.8. The molecule has 0 aromatic rings. The second-order valence-electron chi connectivity index (χ2n) is 5.89. The summed E-state index contributed by atoms with van der Waals surface area (Å²) in [5.41, 5.74) is 0. The van der Waals surface area contributed by atoms with E-state index in [0.717, 1.165) is 57.8 Å². The Labute approximate surface area is 111 Å². The van der Waals surface area contributed by atoms with Crippen molar-refractivity contribution in [3.63, 3.8) is 0 Å². The van der Waals surface area contributed by atoms with Crippen molar-refractivity contribution in [2.75, 3.05) is 45.9 Å². The highest BCUT2D eigenvalue weighted by Crippen LogP contribution is 2.30. The molecule has 2 aliphatic rings. The van der Waals surface area contributed by atoms with E-state index in [0.29, 0.717) is 0 Å². The zero-order valence-corrected chi connectivity index (χ0v) is 11.6. The third-order valence-electron chi connectivity index (χ3n) is 4.40. The number of hydrogen-bond acceptors (Lipinski definition) is 4. The third-order valence-corrected chi connectivity index (χ3v) is 4.40. The van der Waals surface area contributed by atoms with E-state index >= 15 is 0 Å². The van der Waals surface area contributed by atoms with Gasteiger partial charge in [-0.2, -0.15) is 0 Å². The fourth-order valence-electron chi connectivity index (χ4n) is 3.11. The Hall–Kier alpha value is -0.160. The van der Waals surface area contributed by atoms with Crippen LogP contribution >= 0.6 is 0 Å². The molecule has 106 valence electrons. The lowest BCUT2D eigenvalue weighted by atomic mass is 9.98. The highest BCUT2D eigenvalue weighted by Gasteiger charge is 2.23. The first-order chi connectivity index (χ1) is 8.75. The fraction of sp³-hybridized carbons (Fsp3) is 1.00. The summed E-state index contributed by atoms with van der Waals surface area (Å²) in [6.07, 6.45) is 3.86. The highest BCUT2D eigenvalue weighted by molar-refractivity contribution is 4.77. The molecule has 1 aliphatic carbocycles. The summed E-state index contributed by atoms with van der Waals surface area (Å²) in [7, 11) is 0. The molecule has 2 rings (SSSR count). The van der Waals surface area contributed by atoms with Crippen LogP contribution in [0.4, 0.5) is 0 Å². The molecular weight excluding hydrogens is 228 g/mol. The van der Waals surface area contributed by atoms with Crippen LogP contribution in [-0.4, -0.2) is 62.0 Å². The molecule has 1 heterocycles. The van der Waals surface area contributed by atoms with Gasteiger partial charge in [0, 0.05) is 26.2 Å². The predicted molar refractivity (Wildman–Crippen MR) is 72.6 cm³/mol. The van der Waals surface area contributed by atoms with E-state index in [1.807, 2.05) is 0 Å². The van der Waals surface area contributed by atoms with E-state index in [-0.39, 0.29) is 6.10 Å². The molecule has 4 heteroatoms. The van der Waals surface area contributed by atoms with E-state index in [1.165, 1.54) is 19.3 Å². The van der Waals surface area contributed by atoms with Crippen LogP contribution in [-0.2, 0) is 4.74 Å². The smallest absolute Gasteiger partial charge is 0.0791 e. The van der Waals surface area contributed by atoms with Gasteiger partial charge in [-0.3, -0.25) is 4.90 Å². The largest absolute Gasteiger partial charge is 0.390 e. The van der Waals surface area contributed by atoms with Gasteiger partial charge in [0.25, 0.3) is 0 Å². The van der Waals surface area contributed by atoms with E-state index in [9.17, 15) is 5.11 Å². The van der Waals surface area contributed by atoms with Gasteiger partial charge in [-0.25, -0.2) is 0 Å². The van der Waals surface area contributed by atoms with E-state index in [2.05, 4.69) is 17.1 Å². The van der Waals surface area contributed by atoms with Crippen molar-refractivity contribution < 1.29 is 9.84 Å². The fourth-order valence-corrected chi connectivity index (χ4v) is 3.11. The molecule has 0 amide bonds. The Morgan fingerprint density at radius 3 is 2.78 bits per heavy atom. The average molecular weight is 256 g/mol. The molecule has 0 spiro atoms. The lowest BCUT2D eigenvalue weighted by molar-refractivity contribution is 0.0147. The topological polar surface area (TPSA) is 44.7 Å². The molecule has 0 aromatic carbocycles. The summed E-state index contributed by atoms with van der Waals surface area (Å²) >= 11 is 0. The summed E-state index contributed by atoms with van der Waals surface area (Å²) in [4.78, 5) is 2.29. The van der Waals surface area contributed by atoms with Crippen LogP contribution in [0.3, 0.4) is 0 Å². The van der Waals surface area contributed by atoms with Gasteiger partial charge in [0.2, 0.25) is 0 Å². The van der Waals surface area contributed by atoms with Crippen LogP contribution in [0.25, 0.3) is 0 Å². The summed E-state index contributed by atoms with van der Waals surface area (Å²) in [5, 5.41) is 13.4. The Morgan fingerprint density at radius 1 is 1.33 bits per heavy atom. The van der Waals surface area contributed by atoms with Crippen molar-refractivity contribution in [3.05, 3.63) is 0 Å². The monoisotopic (exact) mass is 256 g/mol. The first-order valence-corrected chi connectivity index (χ1v) is 7.44. The lowest BCUT2D eigenvalue weighted by Crippen LogP contribution is -2.44. The first kappa shape index (κ1) is 14.3. The molecule has 0 aromatic heterocycles. The summed E-state index contributed by atoms with van der Waals surface area (Å²) in [5.74, 6) is 1.68. The van der Waals surface area contributed by atoms with E-state index < -0.39 is 0 Å². The van der Waals surface area contributed by atoms with Crippen molar-refractivity contribution in [3.8, 4) is 0 Å². The minimum atomic E-state index is -0.250. The maximum absolute atomic E-state index is 10.00. The Morgan fingerprint density at radius 2 is 2.11 bits per heavy atom. The van der Waals surface area contributed by atoms with Crippen molar-refractivity contribution in [2.45, 2.75) is 32.3 Å². The molecule has 1 saturated heterocycles. The predicted octanol–water partition coefficient (Wildman–Crippen LogP) is 0.705. The number of ether oxygens (including phenoxy) is 1. The quantitative estimate of drug-likeness (QED) is 0.734. The molecule has 3 unspecified atom stereocenters. The van der Waals surface area contributed by atoms with Gasteiger partial charge in [0.1, 0.15) is 0 Å². The van der Waals surface area contributed by atoms with Gasteiger partial charge in [0.05, 0.1) is 19.3 Å². The highest BCUT2D eigenvalue weighted by atomic mass is 16.5. The number of nitrogens with one attached hydrogen (secondary N) is 1. The van der Waals surface area contributed by atoms with Crippen LogP contribution in [0.2, 0.25) is 0 Å². The van der Waals surface area contributed by atoms with Crippen LogP contribution < -0.4 is 5.32 Å². The van der Waals surface area contributed by atoms with E-state index in [4.69, 9.17) is 4.74 Å². The molecule has 18 heavy (non-hydrogen) atoms. The molecule has 4 nitrogen and oxygen atoms in total. The van der Waals surface area contributed by atoms with Crippen molar-refractivity contribution in [2.24, 2.45) is 11.8 Å². The molecule has 2 fully saturated rings. The van der Waals surface area contributed by atoms with Crippen molar-refractivity contribution in [1.29, 1.82) is 0 Å². The maximum Gasteiger partial charge on any atom is 0.0791 e. The number of β-amino-alcohol motifs (C(OH)–C–C–N with tert-alkyl or cyclic N) is 1.